The van der Waals surface area contributed by atoms with Crippen LogP contribution in [0.3, 0.4) is 0 Å². The van der Waals surface area contributed by atoms with Gasteiger partial charge in [0.1, 0.15) is 11.6 Å². The van der Waals surface area contributed by atoms with Crippen LogP contribution in [0.25, 0.3) is 0 Å². The Kier molecular flexibility index (Phi) is 5.60. The van der Waals surface area contributed by atoms with E-state index in [1.54, 1.807) is 0 Å². The predicted molar refractivity (Wildman–Crippen MR) is 78.8 cm³/mol. The van der Waals surface area contributed by atoms with Gasteiger partial charge in [-0.2, -0.15) is 0 Å². The van der Waals surface area contributed by atoms with Crippen molar-refractivity contribution in [1.29, 1.82) is 0 Å². The van der Waals surface area contributed by atoms with E-state index in [0.717, 1.165) is 21.9 Å². The molecule has 2 rings (SSSR count). The lowest BCUT2D eigenvalue weighted by atomic mass is 10.3. The van der Waals surface area contributed by atoms with E-state index in [2.05, 4.69) is 11.8 Å². The van der Waals surface area contributed by atoms with Gasteiger partial charge < -0.3 is 5.11 Å². The van der Waals surface area contributed by atoms with E-state index < -0.39 is 11.6 Å². The Morgan fingerprint density at radius 1 is 1.20 bits per heavy atom. The topological polar surface area (TPSA) is 20.2 Å². The predicted octanol–water partition coefficient (Wildman–Crippen LogP) is 4.05. The standard InChI is InChI=1S/C15H12F2OS2/c16-11-4-7-14(17)15(9-11)19-10-13-6-5-12(20-13)3-1-2-8-18/h4-7,9,18H,2,8,10H2. The van der Waals surface area contributed by atoms with Crippen LogP contribution in [0.15, 0.2) is 35.2 Å². The fourth-order valence-corrected chi connectivity index (χ4v) is 3.35. The third-order valence-electron chi connectivity index (χ3n) is 2.37. The molecule has 104 valence electrons. The van der Waals surface area contributed by atoms with Gasteiger partial charge in [0.05, 0.1) is 11.5 Å². The maximum atomic E-state index is 13.5. The number of thioether (sulfide) groups is 1. The molecule has 0 aliphatic rings. The van der Waals surface area contributed by atoms with Crippen LogP contribution in [0.1, 0.15) is 16.2 Å². The van der Waals surface area contributed by atoms with E-state index in [4.69, 9.17) is 5.11 Å². The fourth-order valence-electron chi connectivity index (χ4n) is 1.46. The van der Waals surface area contributed by atoms with Crippen LogP contribution in [0.2, 0.25) is 0 Å². The molecule has 0 aliphatic carbocycles. The van der Waals surface area contributed by atoms with Gasteiger partial charge in [0.15, 0.2) is 0 Å². The van der Waals surface area contributed by atoms with Crippen LogP contribution in [-0.4, -0.2) is 11.7 Å². The largest absolute Gasteiger partial charge is 0.395 e. The third kappa shape index (κ3) is 4.34. The molecule has 0 radical (unpaired) electrons. The first-order valence-corrected chi connectivity index (χ1v) is 7.75. The highest BCUT2D eigenvalue weighted by Gasteiger charge is 2.06. The third-order valence-corrected chi connectivity index (χ3v) is 4.64. The normalized spacial score (nSPS) is 10.2. The van der Waals surface area contributed by atoms with Crippen molar-refractivity contribution in [3.05, 3.63) is 51.7 Å². The molecule has 0 saturated heterocycles. The molecule has 5 heteroatoms. The minimum Gasteiger partial charge on any atom is -0.395 e. The first kappa shape index (κ1) is 15.0. The van der Waals surface area contributed by atoms with Gasteiger partial charge >= 0.3 is 0 Å². The van der Waals surface area contributed by atoms with Crippen molar-refractivity contribution >= 4 is 23.1 Å². The summed E-state index contributed by atoms with van der Waals surface area (Å²) in [5, 5.41) is 8.64. The van der Waals surface area contributed by atoms with Crippen LogP contribution >= 0.6 is 23.1 Å². The summed E-state index contributed by atoms with van der Waals surface area (Å²) >= 11 is 2.78. The van der Waals surface area contributed by atoms with Crippen LogP contribution in [0.4, 0.5) is 8.78 Å². The van der Waals surface area contributed by atoms with Crippen LogP contribution in [0, 0.1) is 23.5 Å². The molecular weight excluding hydrogens is 298 g/mol. The SMILES string of the molecule is OCCC#Cc1ccc(CSc2cc(F)ccc2F)s1. The molecule has 0 atom stereocenters. The number of benzene rings is 1. The maximum absolute atomic E-state index is 13.5. The summed E-state index contributed by atoms with van der Waals surface area (Å²) in [4.78, 5) is 2.27. The average molecular weight is 310 g/mol. The summed E-state index contributed by atoms with van der Waals surface area (Å²) in [6.45, 7) is 0.0555. The molecule has 2 aromatic rings. The van der Waals surface area contributed by atoms with Gasteiger partial charge in [0.25, 0.3) is 0 Å². The van der Waals surface area contributed by atoms with Crippen LogP contribution in [0.5, 0.6) is 0 Å². The number of halogens is 2. The molecule has 1 aromatic heterocycles. The zero-order chi connectivity index (χ0) is 14.4. The van der Waals surface area contributed by atoms with Gasteiger partial charge in [-0.15, -0.1) is 23.1 Å². The highest BCUT2D eigenvalue weighted by atomic mass is 32.2. The Labute approximate surface area is 124 Å². The summed E-state index contributed by atoms with van der Waals surface area (Å²) in [7, 11) is 0. The number of hydrogen-bond acceptors (Lipinski definition) is 3. The van der Waals surface area contributed by atoms with Crippen molar-refractivity contribution < 1.29 is 13.9 Å². The molecule has 0 fully saturated rings. The van der Waals surface area contributed by atoms with Gasteiger partial charge in [0.2, 0.25) is 0 Å². The average Bonchev–Trinajstić information content (AvgIpc) is 2.88. The smallest absolute Gasteiger partial charge is 0.136 e. The van der Waals surface area contributed by atoms with Crippen LogP contribution in [-0.2, 0) is 5.75 Å². The van der Waals surface area contributed by atoms with E-state index in [1.807, 2.05) is 12.1 Å². The van der Waals surface area contributed by atoms with E-state index >= 15 is 0 Å². The quantitative estimate of drug-likeness (QED) is 0.679. The first-order chi connectivity index (χ1) is 9.69. The Morgan fingerprint density at radius 2 is 2.05 bits per heavy atom. The first-order valence-electron chi connectivity index (χ1n) is 5.95. The van der Waals surface area contributed by atoms with Crippen molar-refractivity contribution in [3.8, 4) is 11.8 Å². The lowest BCUT2D eigenvalue weighted by molar-refractivity contribution is 0.305. The zero-order valence-electron chi connectivity index (χ0n) is 10.5. The number of aliphatic hydroxyl groups excluding tert-OH is 1. The molecule has 0 bridgehead atoms. The Balaban J connectivity index is 1.98. The Hall–Kier alpha value is -1.35. The summed E-state index contributed by atoms with van der Waals surface area (Å²) in [6.07, 6.45) is 0.455. The van der Waals surface area contributed by atoms with Gasteiger partial charge in [-0.3, -0.25) is 0 Å². The second-order valence-corrected chi connectivity index (χ2v) is 6.09. The Morgan fingerprint density at radius 3 is 2.85 bits per heavy atom. The fraction of sp³-hybridized carbons (Fsp3) is 0.200. The maximum Gasteiger partial charge on any atom is 0.136 e. The lowest BCUT2D eigenvalue weighted by Crippen LogP contribution is -1.84. The van der Waals surface area contributed by atoms with Crippen molar-refractivity contribution in [2.45, 2.75) is 17.1 Å². The second-order valence-electron chi connectivity index (χ2n) is 3.90. The molecule has 1 nitrogen and oxygen atoms in total. The number of rotatable bonds is 4. The minimum atomic E-state index is -0.435. The summed E-state index contributed by atoms with van der Waals surface area (Å²) in [6, 6.07) is 7.28. The number of aliphatic hydroxyl groups is 1. The molecule has 20 heavy (non-hydrogen) atoms. The Bertz CT molecular complexity index is 641. The minimum absolute atomic E-state index is 0.0555. The van der Waals surface area contributed by atoms with Crippen LogP contribution < -0.4 is 0 Å². The highest BCUT2D eigenvalue weighted by molar-refractivity contribution is 7.98. The zero-order valence-corrected chi connectivity index (χ0v) is 12.2. The molecule has 0 amide bonds. The molecular formula is C15H12F2OS2. The molecule has 0 aliphatic heterocycles. The van der Waals surface area contributed by atoms with Crippen molar-refractivity contribution in [1.82, 2.24) is 0 Å². The molecule has 0 spiro atoms. The number of thiophene rings is 1. The lowest BCUT2D eigenvalue weighted by Gasteiger charge is -2.01. The molecule has 0 unspecified atom stereocenters. The highest BCUT2D eigenvalue weighted by Crippen LogP contribution is 2.29. The monoisotopic (exact) mass is 310 g/mol. The van der Waals surface area contributed by atoms with Crippen molar-refractivity contribution in [2.75, 3.05) is 6.61 Å². The van der Waals surface area contributed by atoms with E-state index in [-0.39, 0.29) is 6.61 Å². The van der Waals surface area contributed by atoms with Gasteiger partial charge in [-0.25, -0.2) is 8.78 Å². The van der Waals surface area contributed by atoms with Crippen molar-refractivity contribution in [2.24, 2.45) is 0 Å². The second kappa shape index (κ2) is 7.44. The van der Waals surface area contributed by atoms with E-state index in [1.165, 1.54) is 29.2 Å². The van der Waals surface area contributed by atoms with E-state index in [9.17, 15) is 8.78 Å². The van der Waals surface area contributed by atoms with E-state index in [0.29, 0.717) is 17.1 Å². The summed E-state index contributed by atoms with van der Waals surface area (Å²) in [5.74, 6) is 5.53. The molecule has 0 saturated carbocycles. The molecule has 1 heterocycles. The summed E-state index contributed by atoms with van der Waals surface area (Å²) in [5.41, 5.74) is 0. The molecule has 1 N–H and O–H groups in total. The van der Waals surface area contributed by atoms with Crippen molar-refractivity contribution in [3.63, 3.8) is 0 Å². The van der Waals surface area contributed by atoms with Gasteiger partial charge in [-0.1, -0.05) is 11.8 Å². The number of hydrogen-bond donors (Lipinski definition) is 1. The molecule has 1 aromatic carbocycles. The van der Waals surface area contributed by atoms with Gasteiger partial charge in [0, 0.05) is 21.9 Å². The summed E-state index contributed by atoms with van der Waals surface area (Å²) < 4.78 is 26.5. The van der Waals surface area contributed by atoms with Gasteiger partial charge in [-0.05, 0) is 30.3 Å².